The van der Waals surface area contributed by atoms with Gasteiger partial charge in [-0.15, -0.1) is 13.2 Å². The fourth-order valence-electron chi connectivity index (χ4n) is 6.90. The summed E-state index contributed by atoms with van der Waals surface area (Å²) in [7, 11) is 0. The second-order valence-electron chi connectivity index (χ2n) is 11.1. The first kappa shape index (κ1) is 28.7. The summed E-state index contributed by atoms with van der Waals surface area (Å²) in [6.45, 7) is 16.1. The molecule has 4 saturated heterocycles. The molecular formula is C28H43N3O7. The minimum atomic E-state index is -1.13. The standard InChI is InChI=1S/C28H43N3O7/c1-5-7-16-37-26(35)22-21-24(33)31(10-8-15-32)23(28(21)19-20(3)27(22,4)38-28)25(34)30(9-6-2)12-11-29-13-17-36-18-14-29/h5-6,20-23,32H,1-2,7-19H2,3-4H3/t20?,21-,22+,23?,27-,28?/m0/s1. The second-order valence-corrected chi connectivity index (χ2v) is 11.1. The lowest BCUT2D eigenvalue weighted by molar-refractivity contribution is -0.162. The number of amides is 2. The van der Waals surface area contributed by atoms with Crippen LogP contribution in [0.5, 0.6) is 0 Å². The molecule has 0 saturated carbocycles. The maximum Gasteiger partial charge on any atom is 0.312 e. The minimum Gasteiger partial charge on any atom is -0.465 e. The fourth-order valence-corrected chi connectivity index (χ4v) is 6.90. The largest absolute Gasteiger partial charge is 0.465 e. The Bertz CT molecular complexity index is 922. The molecule has 3 unspecified atom stereocenters. The molecule has 6 atom stereocenters. The molecule has 4 heterocycles. The quantitative estimate of drug-likeness (QED) is 0.211. The number of esters is 1. The van der Waals surface area contributed by atoms with E-state index in [-0.39, 0.29) is 37.5 Å². The van der Waals surface area contributed by atoms with Gasteiger partial charge in [0.1, 0.15) is 17.6 Å². The van der Waals surface area contributed by atoms with E-state index in [2.05, 4.69) is 18.1 Å². The number of rotatable bonds is 13. The number of hydrogen-bond acceptors (Lipinski definition) is 8. The van der Waals surface area contributed by atoms with Crippen molar-refractivity contribution in [1.29, 1.82) is 0 Å². The van der Waals surface area contributed by atoms with Crippen molar-refractivity contribution in [2.75, 3.05) is 65.7 Å². The molecule has 2 bridgehead atoms. The fraction of sp³-hybridized carbons (Fsp3) is 0.750. The van der Waals surface area contributed by atoms with Crippen molar-refractivity contribution in [2.45, 2.75) is 50.4 Å². The van der Waals surface area contributed by atoms with Crippen LogP contribution in [0.2, 0.25) is 0 Å². The third-order valence-electron chi connectivity index (χ3n) is 8.88. The third kappa shape index (κ3) is 4.92. The van der Waals surface area contributed by atoms with Gasteiger partial charge in [-0.05, 0) is 32.1 Å². The zero-order valence-corrected chi connectivity index (χ0v) is 22.8. The molecule has 0 radical (unpaired) electrons. The maximum absolute atomic E-state index is 14.3. The van der Waals surface area contributed by atoms with Crippen molar-refractivity contribution in [3.05, 3.63) is 25.3 Å². The zero-order valence-electron chi connectivity index (χ0n) is 22.8. The molecule has 212 valence electrons. The van der Waals surface area contributed by atoms with Crippen LogP contribution in [0.15, 0.2) is 25.3 Å². The van der Waals surface area contributed by atoms with Crippen molar-refractivity contribution in [3.8, 4) is 0 Å². The topological polar surface area (TPSA) is 109 Å². The number of aliphatic hydroxyl groups excluding tert-OH is 1. The van der Waals surface area contributed by atoms with Gasteiger partial charge in [0.25, 0.3) is 0 Å². The van der Waals surface area contributed by atoms with Gasteiger partial charge < -0.3 is 29.1 Å². The van der Waals surface area contributed by atoms with Gasteiger partial charge in [-0.25, -0.2) is 0 Å². The van der Waals surface area contributed by atoms with E-state index in [0.29, 0.717) is 52.1 Å². The predicted octanol–water partition coefficient (Wildman–Crippen LogP) is 0.846. The Balaban J connectivity index is 1.65. The first-order chi connectivity index (χ1) is 18.2. The molecule has 2 amide bonds. The number of hydrogen-bond donors (Lipinski definition) is 1. The van der Waals surface area contributed by atoms with Gasteiger partial charge in [0.05, 0.1) is 31.3 Å². The number of carbonyl (C=O) groups excluding carboxylic acids is 3. The van der Waals surface area contributed by atoms with Gasteiger partial charge in [0, 0.05) is 45.9 Å². The number of nitrogens with zero attached hydrogens (tertiary/aromatic N) is 3. The van der Waals surface area contributed by atoms with Crippen LogP contribution in [0.1, 0.15) is 33.1 Å². The highest BCUT2D eigenvalue weighted by atomic mass is 16.6. The Morgan fingerprint density at radius 2 is 1.97 bits per heavy atom. The number of ether oxygens (including phenoxy) is 3. The SMILES string of the molecule is C=CCCOC(=O)[C@H]1[C@H]2C(=O)N(CCCO)C(C(=O)N(CC=C)CCN3CCOCC3)C23CC(C)[C@]1(C)O3. The highest BCUT2D eigenvalue weighted by Crippen LogP contribution is 2.65. The highest BCUT2D eigenvalue weighted by Gasteiger charge is 2.80. The van der Waals surface area contributed by atoms with Crippen LogP contribution in [0.3, 0.4) is 0 Å². The van der Waals surface area contributed by atoms with E-state index in [9.17, 15) is 19.5 Å². The number of fused-ring (bicyclic) bond motifs is 1. The summed E-state index contributed by atoms with van der Waals surface area (Å²) < 4.78 is 17.7. The number of carbonyl (C=O) groups is 3. The Morgan fingerprint density at radius 1 is 1.24 bits per heavy atom. The van der Waals surface area contributed by atoms with Gasteiger partial charge in [0.2, 0.25) is 11.8 Å². The molecule has 4 aliphatic heterocycles. The van der Waals surface area contributed by atoms with E-state index in [1.165, 1.54) is 0 Å². The molecule has 0 aromatic rings. The average Bonchev–Trinajstić information content (AvgIpc) is 3.42. The average molecular weight is 534 g/mol. The molecule has 10 heteroatoms. The van der Waals surface area contributed by atoms with Gasteiger partial charge in [-0.2, -0.15) is 0 Å². The van der Waals surface area contributed by atoms with Crippen LogP contribution >= 0.6 is 0 Å². The Kier molecular flexibility index (Phi) is 8.96. The molecule has 4 fully saturated rings. The van der Waals surface area contributed by atoms with Crippen LogP contribution in [-0.2, 0) is 28.6 Å². The van der Waals surface area contributed by atoms with Gasteiger partial charge in [-0.3, -0.25) is 19.3 Å². The molecule has 0 aromatic carbocycles. The van der Waals surface area contributed by atoms with Crippen LogP contribution < -0.4 is 0 Å². The van der Waals surface area contributed by atoms with E-state index in [1.54, 1.807) is 22.0 Å². The van der Waals surface area contributed by atoms with Gasteiger partial charge >= 0.3 is 5.97 Å². The summed E-state index contributed by atoms with van der Waals surface area (Å²) in [6, 6.07) is -0.883. The molecule has 0 aliphatic carbocycles. The van der Waals surface area contributed by atoms with E-state index in [1.807, 2.05) is 13.8 Å². The molecule has 4 aliphatic rings. The Hall–Kier alpha value is -2.27. The van der Waals surface area contributed by atoms with E-state index in [4.69, 9.17) is 14.2 Å². The van der Waals surface area contributed by atoms with Gasteiger partial charge in [-0.1, -0.05) is 19.1 Å². The van der Waals surface area contributed by atoms with Crippen molar-refractivity contribution >= 4 is 17.8 Å². The van der Waals surface area contributed by atoms with E-state index in [0.717, 1.165) is 13.1 Å². The lowest BCUT2D eigenvalue weighted by atomic mass is 9.62. The predicted molar refractivity (Wildman–Crippen MR) is 140 cm³/mol. The summed E-state index contributed by atoms with van der Waals surface area (Å²) in [5.41, 5.74) is -2.04. The summed E-state index contributed by atoms with van der Waals surface area (Å²) in [5.74, 6) is -2.62. The van der Waals surface area contributed by atoms with Crippen LogP contribution in [0.25, 0.3) is 0 Å². The molecule has 4 rings (SSSR count). The summed E-state index contributed by atoms with van der Waals surface area (Å²) in [6.07, 6.45) is 4.70. The first-order valence-electron chi connectivity index (χ1n) is 13.8. The number of likely N-dealkylation sites (tertiary alicyclic amines) is 1. The molecule has 1 N–H and O–H groups in total. The molecular weight excluding hydrogens is 490 g/mol. The van der Waals surface area contributed by atoms with Crippen LogP contribution in [-0.4, -0.2) is 121 Å². The first-order valence-corrected chi connectivity index (χ1v) is 13.8. The Labute approximate surface area is 225 Å². The summed E-state index contributed by atoms with van der Waals surface area (Å²) >= 11 is 0. The third-order valence-corrected chi connectivity index (χ3v) is 8.88. The number of morpholine rings is 1. The smallest absolute Gasteiger partial charge is 0.312 e. The Morgan fingerprint density at radius 3 is 2.63 bits per heavy atom. The van der Waals surface area contributed by atoms with E-state index < -0.39 is 35.0 Å². The lowest BCUT2D eigenvalue weighted by Crippen LogP contribution is -2.57. The van der Waals surface area contributed by atoms with E-state index >= 15 is 0 Å². The normalized spacial score (nSPS) is 34.3. The zero-order chi connectivity index (χ0) is 27.5. The maximum atomic E-state index is 14.3. The highest BCUT2D eigenvalue weighted by molar-refractivity contribution is 5.98. The lowest BCUT2D eigenvalue weighted by Gasteiger charge is -2.38. The van der Waals surface area contributed by atoms with Crippen molar-refractivity contribution in [2.24, 2.45) is 17.8 Å². The number of aliphatic hydroxyl groups is 1. The minimum absolute atomic E-state index is 0.0576. The second kappa shape index (κ2) is 11.9. The van der Waals surface area contributed by atoms with Crippen molar-refractivity contribution in [3.63, 3.8) is 0 Å². The molecule has 38 heavy (non-hydrogen) atoms. The van der Waals surface area contributed by atoms with Crippen molar-refractivity contribution in [1.82, 2.24) is 14.7 Å². The summed E-state index contributed by atoms with van der Waals surface area (Å²) in [4.78, 5) is 47.3. The summed E-state index contributed by atoms with van der Waals surface area (Å²) in [5, 5.41) is 9.56. The molecule has 0 aromatic heterocycles. The van der Waals surface area contributed by atoms with Gasteiger partial charge in [0.15, 0.2) is 0 Å². The van der Waals surface area contributed by atoms with Crippen LogP contribution in [0, 0.1) is 17.8 Å². The monoisotopic (exact) mass is 533 g/mol. The molecule has 10 nitrogen and oxygen atoms in total. The van der Waals surface area contributed by atoms with Crippen molar-refractivity contribution < 1.29 is 33.7 Å². The molecule has 1 spiro atoms. The van der Waals surface area contributed by atoms with Crippen LogP contribution in [0.4, 0.5) is 0 Å².